The van der Waals surface area contributed by atoms with Crippen LogP contribution in [0.25, 0.3) is 0 Å². The Hall–Kier alpha value is -1.68. The molecule has 1 unspecified atom stereocenters. The molecule has 0 saturated carbocycles. The standard InChI is InChI=1S/C14H18N4/c1-18-14(16-9-17-18)8-13(15)12-6-5-10-3-2-4-11(10)7-12/h5-7,9,13H,2-4,8,15H2,1H3. The molecule has 0 aliphatic heterocycles. The maximum absolute atomic E-state index is 6.27. The first-order valence-electron chi connectivity index (χ1n) is 6.44. The topological polar surface area (TPSA) is 56.7 Å². The molecule has 1 atom stereocenters. The number of hydrogen-bond acceptors (Lipinski definition) is 3. The molecule has 0 fully saturated rings. The Balaban J connectivity index is 1.80. The normalized spacial score (nSPS) is 15.7. The van der Waals surface area contributed by atoms with E-state index in [0.717, 1.165) is 12.2 Å². The van der Waals surface area contributed by atoms with Crippen molar-refractivity contribution in [2.24, 2.45) is 12.8 Å². The van der Waals surface area contributed by atoms with Crippen LogP contribution in [0, 0.1) is 0 Å². The molecule has 0 saturated heterocycles. The number of rotatable bonds is 3. The number of benzene rings is 1. The highest BCUT2D eigenvalue weighted by Gasteiger charge is 2.15. The van der Waals surface area contributed by atoms with Crippen LogP contribution < -0.4 is 5.73 Å². The highest BCUT2D eigenvalue weighted by atomic mass is 15.3. The van der Waals surface area contributed by atoms with E-state index in [2.05, 4.69) is 28.3 Å². The number of hydrogen-bond donors (Lipinski definition) is 1. The smallest absolute Gasteiger partial charge is 0.138 e. The molecule has 2 aromatic rings. The molecule has 0 radical (unpaired) electrons. The van der Waals surface area contributed by atoms with E-state index in [0.29, 0.717) is 0 Å². The van der Waals surface area contributed by atoms with E-state index in [1.165, 1.54) is 36.0 Å². The Labute approximate surface area is 107 Å². The van der Waals surface area contributed by atoms with Crippen molar-refractivity contribution in [1.82, 2.24) is 14.8 Å². The van der Waals surface area contributed by atoms with Gasteiger partial charge in [-0.25, -0.2) is 4.98 Å². The van der Waals surface area contributed by atoms with E-state index in [1.54, 1.807) is 11.0 Å². The third-order valence-corrected chi connectivity index (χ3v) is 3.76. The van der Waals surface area contributed by atoms with Gasteiger partial charge in [0.05, 0.1) is 0 Å². The van der Waals surface area contributed by atoms with Gasteiger partial charge in [-0.15, -0.1) is 0 Å². The Morgan fingerprint density at radius 1 is 1.33 bits per heavy atom. The number of nitrogens with two attached hydrogens (primary N) is 1. The van der Waals surface area contributed by atoms with E-state index in [1.807, 2.05) is 7.05 Å². The van der Waals surface area contributed by atoms with Crippen molar-refractivity contribution in [1.29, 1.82) is 0 Å². The van der Waals surface area contributed by atoms with Gasteiger partial charge >= 0.3 is 0 Å². The average Bonchev–Trinajstić information content (AvgIpc) is 2.98. The van der Waals surface area contributed by atoms with Gasteiger partial charge in [-0.05, 0) is 36.0 Å². The molecule has 94 valence electrons. The fourth-order valence-electron chi connectivity index (χ4n) is 2.64. The molecule has 0 bridgehead atoms. The maximum Gasteiger partial charge on any atom is 0.138 e. The zero-order chi connectivity index (χ0) is 12.5. The lowest BCUT2D eigenvalue weighted by Gasteiger charge is -2.13. The molecule has 0 spiro atoms. The zero-order valence-corrected chi connectivity index (χ0v) is 10.6. The van der Waals surface area contributed by atoms with Gasteiger partial charge in [-0.1, -0.05) is 18.2 Å². The number of fused-ring (bicyclic) bond motifs is 1. The van der Waals surface area contributed by atoms with E-state index in [9.17, 15) is 0 Å². The molecule has 1 heterocycles. The van der Waals surface area contributed by atoms with Gasteiger partial charge in [0, 0.05) is 19.5 Å². The van der Waals surface area contributed by atoms with Crippen LogP contribution in [-0.4, -0.2) is 14.8 Å². The van der Waals surface area contributed by atoms with Crippen molar-refractivity contribution in [2.75, 3.05) is 0 Å². The van der Waals surface area contributed by atoms with Crippen molar-refractivity contribution in [3.05, 3.63) is 47.0 Å². The van der Waals surface area contributed by atoms with Crippen LogP contribution in [0.1, 0.15) is 35.0 Å². The molecule has 3 rings (SSSR count). The molecule has 0 amide bonds. The molecular formula is C14H18N4. The molecule has 1 aliphatic carbocycles. The molecular weight excluding hydrogens is 224 g/mol. The van der Waals surface area contributed by atoms with E-state index < -0.39 is 0 Å². The first kappa shape index (κ1) is 11.4. The molecule has 4 nitrogen and oxygen atoms in total. The van der Waals surface area contributed by atoms with Crippen LogP contribution in [0.2, 0.25) is 0 Å². The second kappa shape index (κ2) is 4.53. The Kier molecular flexibility index (Phi) is 2.88. The van der Waals surface area contributed by atoms with Gasteiger partial charge in [-0.3, -0.25) is 4.68 Å². The SMILES string of the molecule is Cn1ncnc1CC(N)c1ccc2c(c1)CCC2. The second-order valence-electron chi connectivity index (χ2n) is 4.99. The Morgan fingerprint density at radius 2 is 2.17 bits per heavy atom. The summed E-state index contributed by atoms with van der Waals surface area (Å²) in [6.45, 7) is 0. The first-order chi connectivity index (χ1) is 8.74. The number of aromatic nitrogens is 3. The predicted molar refractivity (Wildman–Crippen MR) is 70.1 cm³/mol. The summed E-state index contributed by atoms with van der Waals surface area (Å²) in [5.41, 5.74) is 10.4. The summed E-state index contributed by atoms with van der Waals surface area (Å²) in [7, 11) is 1.90. The summed E-state index contributed by atoms with van der Waals surface area (Å²) in [5.74, 6) is 0.933. The minimum atomic E-state index is -0.00111. The van der Waals surface area contributed by atoms with Crippen molar-refractivity contribution >= 4 is 0 Å². The van der Waals surface area contributed by atoms with Gasteiger partial charge < -0.3 is 5.73 Å². The summed E-state index contributed by atoms with van der Waals surface area (Å²) >= 11 is 0. The predicted octanol–water partition coefficient (Wildman–Crippen LogP) is 1.55. The molecule has 1 aliphatic rings. The largest absolute Gasteiger partial charge is 0.324 e. The quantitative estimate of drug-likeness (QED) is 0.888. The second-order valence-corrected chi connectivity index (χ2v) is 4.99. The summed E-state index contributed by atoms with van der Waals surface area (Å²) < 4.78 is 1.78. The fourth-order valence-corrected chi connectivity index (χ4v) is 2.64. The number of nitrogens with zero attached hydrogens (tertiary/aromatic N) is 3. The summed E-state index contributed by atoms with van der Waals surface area (Å²) in [4.78, 5) is 4.23. The lowest BCUT2D eigenvalue weighted by atomic mass is 9.99. The monoisotopic (exact) mass is 242 g/mol. The van der Waals surface area contributed by atoms with Crippen LogP contribution >= 0.6 is 0 Å². The molecule has 1 aromatic carbocycles. The highest BCUT2D eigenvalue weighted by Crippen LogP contribution is 2.25. The number of aryl methyl sites for hydroxylation is 3. The van der Waals surface area contributed by atoms with E-state index >= 15 is 0 Å². The van der Waals surface area contributed by atoms with Gasteiger partial charge in [0.2, 0.25) is 0 Å². The van der Waals surface area contributed by atoms with Crippen molar-refractivity contribution in [3.8, 4) is 0 Å². The van der Waals surface area contributed by atoms with Crippen LogP contribution in [0.4, 0.5) is 0 Å². The van der Waals surface area contributed by atoms with Gasteiger partial charge in [0.15, 0.2) is 0 Å². The van der Waals surface area contributed by atoms with Crippen LogP contribution in [0.3, 0.4) is 0 Å². The zero-order valence-electron chi connectivity index (χ0n) is 10.6. The first-order valence-corrected chi connectivity index (χ1v) is 6.44. The van der Waals surface area contributed by atoms with Crippen molar-refractivity contribution in [3.63, 3.8) is 0 Å². The lowest BCUT2D eigenvalue weighted by Crippen LogP contribution is -2.16. The minimum Gasteiger partial charge on any atom is -0.324 e. The fraction of sp³-hybridized carbons (Fsp3) is 0.429. The minimum absolute atomic E-state index is 0.00111. The third-order valence-electron chi connectivity index (χ3n) is 3.76. The Bertz CT molecular complexity index is 559. The van der Waals surface area contributed by atoms with Crippen molar-refractivity contribution < 1.29 is 0 Å². The van der Waals surface area contributed by atoms with E-state index in [4.69, 9.17) is 5.73 Å². The van der Waals surface area contributed by atoms with Gasteiger partial charge in [0.1, 0.15) is 12.2 Å². The molecule has 18 heavy (non-hydrogen) atoms. The lowest BCUT2D eigenvalue weighted by molar-refractivity contribution is 0.629. The highest BCUT2D eigenvalue weighted by molar-refractivity contribution is 5.36. The van der Waals surface area contributed by atoms with Crippen LogP contribution in [0.15, 0.2) is 24.5 Å². The van der Waals surface area contributed by atoms with Gasteiger partial charge in [0.25, 0.3) is 0 Å². The van der Waals surface area contributed by atoms with E-state index in [-0.39, 0.29) is 6.04 Å². The van der Waals surface area contributed by atoms with Crippen LogP contribution in [-0.2, 0) is 26.3 Å². The molecule has 1 aromatic heterocycles. The summed E-state index contributed by atoms with van der Waals surface area (Å²) in [6.07, 6.45) is 5.99. The third kappa shape index (κ3) is 2.04. The van der Waals surface area contributed by atoms with Crippen LogP contribution in [0.5, 0.6) is 0 Å². The van der Waals surface area contributed by atoms with Crippen molar-refractivity contribution in [2.45, 2.75) is 31.7 Å². The summed E-state index contributed by atoms with van der Waals surface area (Å²) in [6, 6.07) is 6.65. The molecule has 2 N–H and O–H groups in total. The maximum atomic E-state index is 6.27. The Morgan fingerprint density at radius 3 is 2.94 bits per heavy atom. The van der Waals surface area contributed by atoms with Gasteiger partial charge in [-0.2, -0.15) is 5.10 Å². The summed E-state index contributed by atoms with van der Waals surface area (Å²) in [5, 5.41) is 4.07. The average molecular weight is 242 g/mol. The molecule has 4 heteroatoms.